The van der Waals surface area contributed by atoms with Crippen LogP contribution < -0.4 is 9.47 Å². The van der Waals surface area contributed by atoms with E-state index in [1.54, 1.807) is 24.3 Å². The van der Waals surface area contributed by atoms with Crippen molar-refractivity contribution < 1.29 is 14.6 Å². The topological polar surface area (TPSA) is 38.7 Å². The molecule has 0 amide bonds. The monoisotopic (exact) mass is 330 g/mol. The highest BCUT2D eigenvalue weighted by molar-refractivity contribution is 7.20. The lowest BCUT2D eigenvalue weighted by atomic mass is 10.0. The Morgan fingerprint density at radius 2 is 1.85 bits per heavy atom. The Morgan fingerprint density at radius 3 is 2.55 bits per heavy atom. The van der Waals surface area contributed by atoms with Gasteiger partial charge in [-0.15, -0.1) is 11.3 Å². The Labute approximate surface area is 130 Å². The maximum absolute atomic E-state index is 10.4. The Morgan fingerprint density at radius 1 is 1.10 bits per heavy atom. The number of ether oxygens (including phenoxy) is 2. The summed E-state index contributed by atoms with van der Waals surface area (Å²) in [5.41, 5.74) is 1.31. The molecule has 0 bridgehead atoms. The van der Waals surface area contributed by atoms with E-state index < -0.39 is 6.10 Å². The van der Waals surface area contributed by atoms with E-state index in [0.717, 1.165) is 6.42 Å². The van der Waals surface area contributed by atoms with E-state index >= 15 is 0 Å². The molecule has 1 atom stereocenters. The number of benzene rings is 1. The van der Waals surface area contributed by atoms with Crippen molar-refractivity contribution in [1.29, 1.82) is 0 Å². The second kappa shape index (κ2) is 5.82. The summed E-state index contributed by atoms with van der Waals surface area (Å²) in [6, 6.07) is 7.08. The fraction of sp³-hybridized carbons (Fsp3) is 0.286. The third-order valence-corrected chi connectivity index (χ3v) is 4.58. The minimum atomic E-state index is -0.830. The maximum Gasteiger partial charge on any atom is 0.161 e. The molecule has 0 aliphatic carbocycles. The average molecular weight is 331 g/mol. The summed E-state index contributed by atoms with van der Waals surface area (Å²) in [6.45, 7) is 1.25. The van der Waals surface area contributed by atoms with Gasteiger partial charge < -0.3 is 14.6 Å². The van der Waals surface area contributed by atoms with E-state index in [-0.39, 0.29) is 0 Å². The molecule has 0 saturated carbocycles. The number of aliphatic hydroxyl groups excluding tert-OH is 1. The minimum absolute atomic E-state index is 0.495. The van der Waals surface area contributed by atoms with Crippen LogP contribution in [0.3, 0.4) is 0 Å². The molecule has 1 aromatic carbocycles. The van der Waals surface area contributed by atoms with Crippen LogP contribution in [-0.4, -0.2) is 18.3 Å². The van der Waals surface area contributed by atoms with Gasteiger partial charge in [-0.25, -0.2) is 0 Å². The van der Waals surface area contributed by atoms with Gasteiger partial charge in [0.25, 0.3) is 0 Å². The molecular weight excluding hydrogens is 319 g/mol. The second-order valence-corrected chi connectivity index (χ2v) is 6.72. The van der Waals surface area contributed by atoms with Crippen LogP contribution in [0.5, 0.6) is 11.5 Å². The van der Waals surface area contributed by atoms with Crippen LogP contribution in [0.15, 0.2) is 24.3 Å². The Bertz CT molecular complexity index is 627. The molecular formula is C14H12Cl2O3S. The zero-order valence-electron chi connectivity index (χ0n) is 10.4. The highest BCUT2D eigenvalue weighted by Crippen LogP contribution is 2.39. The van der Waals surface area contributed by atoms with E-state index in [4.69, 9.17) is 32.7 Å². The van der Waals surface area contributed by atoms with E-state index in [9.17, 15) is 5.11 Å². The van der Waals surface area contributed by atoms with E-state index in [1.165, 1.54) is 11.3 Å². The predicted octanol–water partition coefficient (Wildman–Crippen LogP) is 4.30. The Hall–Kier alpha value is -0.940. The third kappa shape index (κ3) is 2.74. The Balaban J connectivity index is 1.94. The van der Waals surface area contributed by atoms with Crippen LogP contribution in [0.25, 0.3) is 0 Å². The number of halogens is 2. The molecule has 1 aliphatic heterocycles. The van der Waals surface area contributed by atoms with Crippen LogP contribution in [0.4, 0.5) is 0 Å². The molecule has 1 aromatic heterocycles. The molecule has 3 nitrogen and oxygen atoms in total. The largest absolute Gasteiger partial charge is 0.490 e. The first-order chi connectivity index (χ1) is 9.65. The average Bonchev–Trinajstić information content (AvgIpc) is 2.65. The van der Waals surface area contributed by atoms with Crippen LogP contribution >= 0.6 is 34.5 Å². The zero-order chi connectivity index (χ0) is 14.1. The first-order valence-electron chi connectivity index (χ1n) is 6.17. The van der Waals surface area contributed by atoms with Crippen molar-refractivity contribution in [3.8, 4) is 11.5 Å². The lowest BCUT2D eigenvalue weighted by Gasteiger charge is -2.13. The van der Waals surface area contributed by atoms with Gasteiger partial charge in [0, 0.05) is 12.0 Å². The summed E-state index contributed by atoms with van der Waals surface area (Å²) < 4.78 is 12.2. The Kier molecular flexibility index (Phi) is 4.08. The quantitative estimate of drug-likeness (QED) is 0.892. The molecule has 0 fully saturated rings. The van der Waals surface area contributed by atoms with Gasteiger partial charge in [-0.3, -0.25) is 0 Å². The molecule has 3 rings (SSSR count). The van der Waals surface area contributed by atoms with Crippen molar-refractivity contribution in [2.24, 2.45) is 0 Å². The lowest BCUT2D eigenvalue weighted by molar-refractivity contribution is 0.220. The van der Waals surface area contributed by atoms with E-state index in [1.807, 2.05) is 0 Å². The number of fused-ring (bicyclic) bond motifs is 1. The van der Waals surface area contributed by atoms with Crippen molar-refractivity contribution >= 4 is 34.5 Å². The molecule has 2 heterocycles. The van der Waals surface area contributed by atoms with E-state index in [2.05, 4.69) is 0 Å². The predicted molar refractivity (Wildman–Crippen MR) is 80.4 cm³/mol. The standard InChI is InChI=1S/C14H12Cl2O3S/c15-12-7-9(14(16)20-12)13(17)8-2-3-10-11(6-8)19-5-1-4-18-10/h2-3,6-7,13,17H,1,4-5H2. The van der Waals surface area contributed by atoms with Crippen LogP contribution in [-0.2, 0) is 0 Å². The lowest BCUT2D eigenvalue weighted by Crippen LogP contribution is -2.00. The summed E-state index contributed by atoms with van der Waals surface area (Å²) in [5, 5.41) is 10.4. The zero-order valence-corrected chi connectivity index (χ0v) is 12.8. The van der Waals surface area contributed by atoms with Gasteiger partial charge in [-0.2, -0.15) is 0 Å². The third-order valence-electron chi connectivity index (χ3n) is 3.06. The first kappa shape index (κ1) is 14.0. The van der Waals surface area contributed by atoms with Gasteiger partial charge in [0.05, 0.1) is 17.6 Å². The van der Waals surface area contributed by atoms with Crippen molar-refractivity contribution in [2.75, 3.05) is 13.2 Å². The van der Waals surface area contributed by atoms with Gasteiger partial charge >= 0.3 is 0 Å². The highest BCUT2D eigenvalue weighted by atomic mass is 35.5. The molecule has 1 aliphatic rings. The summed E-state index contributed by atoms with van der Waals surface area (Å²) in [6.07, 6.45) is 0.0156. The van der Waals surface area contributed by atoms with Crippen LogP contribution in [0, 0.1) is 0 Å². The van der Waals surface area contributed by atoms with Gasteiger partial charge in [0.2, 0.25) is 0 Å². The second-order valence-electron chi connectivity index (χ2n) is 4.44. The number of hydrogen-bond donors (Lipinski definition) is 1. The molecule has 1 N–H and O–H groups in total. The van der Waals surface area contributed by atoms with Gasteiger partial charge in [-0.05, 0) is 23.8 Å². The molecule has 1 unspecified atom stereocenters. The number of aliphatic hydroxyl groups is 1. The smallest absolute Gasteiger partial charge is 0.161 e. The fourth-order valence-electron chi connectivity index (χ4n) is 2.07. The SMILES string of the molecule is OC(c1ccc2c(c1)OCCCO2)c1cc(Cl)sc1Cl. The number of thiophene rings is 1. The van der Waals surface area contributed by atoms with Gasteiger partial charge in [0.15, 0.2) is 11.5 Å². The molecule has 20 heavy (non-hydrogen) atoms. The summed E-state index contributed by atoms with van der Waals surface area (Å²) in [5.74, 6) is 1.35. The van der Waals surface area contributed by atoms with Crippen molar-refractivity contribution in [3.63, 3.8) is 0 Å². The van der Waals surface area contributed by atoms with E-state index in [0.29, 0.717) is 44.5 Å². The molecule has 106 valence electrons. The van der Waals surface area contributed by atoms with Crippen LogP contribution in [0.2, 0.25) is 8.67 Å². The van der Waals surface area contributed by atoms with Crippen molar-refractivity contribution in [3.05, 3.63) is 44.1 Å². The molecule has 2 aromatic rings. The maximum atomic E-state index is 10.4. The van der Waals surface area contributed by atoms with Crippen LogP contribution in [0.1, 0.15) is 23.7 Å². The molecule has 0 radical (unpaired) electrons. The number of rotatable bonds is 2. The highest BCUT2D eigenvalue weighted by Gasteiger charge is 2.19. The molecule has 0 saturated heterocycles. The van der Waals surface area contributed by atoms with Crippen molar-refractivity contribution in [2.45, 2.75) is 12.5 Å². The number of hydrogen-bond acceptors (Lipinski definition) is 4. The minimum Gasteiger partial charge on any atom is -0.490 e. The molecule has 6 heteroatoms. The summed E-state index contributed by atoms with van der Waals surface area (Å²) in [4.78, 5) is 0. The van der Waals surface area contributed by atoms with Gasteiger partial charge in [-0.1, -0.05) is 29.3 Å². The van der Waals surface area contributed by atoms with Crippen molar-refractivity contribution in [1.82, 2.24) is 0 Å². The fourth-order valence-corrected chi connectivity index (χ4v) is 3.59. The first-order valence-corrected chi connectivity index (χ1v) is 7.75. The normalized spacial score (nSPS) is 15.8. The molecule has 0 spiro atoms. The summed E-state index contributed by atoms with van der Waals surface area (Å²) in [7, 11) is 0. The van der Waals surface area contributed by atoms with Gasteiger partial charge in [0.1, 0.15) is 10.4 Å². The summed E-state index contributed by atoms with van der Waals surface area (Å²) >= 11 is 13.2.